The van der Waals surface area contributed by atoms with Gasteiger partial charge in [-0.05, 0) is 13.3 Å². The normalized spacial score (nSPS) is 11.5. The van der Waals surface area contributed by atoms with Crippen molar-refractivity contribution in [3.63, 3.8) is 0 Å². The van der Waals surface area contributed by atoms with Crippen molar-refractivity contribution in [1.82, 2.24) is 4.57 Å². The number of carbonyl (C=O) groups excluding carboxylic acids is 1. The Hall–Kier alpha value is -1.10. The van der Waals surface area contributed by atoms with E-state index in [-0.39, 0.29) is 29.2 Å². The molecule has 4 nitrogen and oxygen atoms in total. The lowest BCUT2D eigenvalue weighted by molar-refractivity contribution is -0.697. The van der Waals surface area contributed by atoms with Gasteiger partial charge in [0.05, 0.1) is 6.54 Å². The Kier molecular flexibility index (Phi) is 7.59. The van der Waals surface area contributed by atoms with Crippen LogP contribution >= 0.6 is 0 Å². The van der Waals surface area contributed by atoms with Gasteiger partial charge < -0.3 is 21.7 Å². The number of nitrogens with zero attached hydrogens (tertiary/aromatic N) is 2. The standard InChI is InChI=1S/C13H21N2O2.BrH/c1-5-6-7-14-8-9-15(10-14)12(4)17-13(16)11(2)3;/h8-10,12H,2,5-7H2,1,3-4H3;1H/q+1;/p-1. The Morgan fingerprint density at radius 1 is 1.56 bits per heavy atom. The van der Waals surface area contributed by atoms with E-state index in [1.165, 1.54) is 6.42 Å². The number of rotatable bonds is 6. The fourth-order valence-electron chi connectivity index (χ4n) is 1.42. The van der Waals surface area contributed by atoms with Gasteiger partial charge in [-0.25, -0.2) is 9.36 Å². The number of hydrogen-bond acceptors (Lipinski definition) is 2. The average Bonchev–Trinajstić information content (AvgIpc) is 2.74. The van der Waals surface area contributed by atoms with Crippen LogP contribution in [0.2, 0.25) is 0 Å². The maximum Gasteiger partial charge on any atom is 0.336 e. The van der Waals surface area contributed by atoms with Crippen molar-refractivity contribution in [3.8, 4) is 0 Å². The van der Waals surface area contributed by atoms with Gasteiger partial charge in [0.15, 0.2) is 0 Å². The second-order valence-electron chi connectivity index (χ2n) is 4.24. The SMILES string of the molecule is C=C(C)C(=O)OC(C)n1cc[n+](CCCC)c1.[Br-]. The molecule has 0 aliphatic carbocycles. The smallest absolute Gasteiger partial charge is 0.336 e. The fraction of sp³-hybridized carbons (Fsp3) is 0.538. The minimum atomic E-state index is -0.355. The maximum atomic E-state index is 11.4. The highest BCUT2D eigenvalue weighted by atomic mass is 79.9. The predicted octanol–water partition coefficient (Wildman–Crippen LogP) is -0.782. The molecule has 1 unspecified atom stereocenters. The van der Waals surface area contributed by atoms with E-state index in [1.54, 1.807) is 6.92 Å². The maximum absolute atomic E-state index is 11.4. The molecule has 0 saturated heterocycles. The van der Waals surface area contributed by atoms with Crippen LogP contribution in [0.15, 0.2) is 30.9 Å². The van der Waals surface area contributed by atoms with E-state index < -0.39 is 0 Å². The third-order valence-corrected chi connectivity index (χ3v) is 2.53. The number of unbranched alkanes of at least 4 members (excludes halogenated alkanes) is 1. The summed E-state index contributed by atoms with van der Waals surface area (Å²) in [6, 6.07) is 0. The first-order valence-corrected chi connectivity index (χ1v) is 5.97. The molecule has 0 saturated carbocycles. The Labute approximate surface area is 119 Å². The van der Waals surface area contributed by atoms with Crippen LogP contribution in [0.5, 0.6) is 0 Å². The lowest BCUT2D eigenvalue weighted by Crippen LogP contribution is -3.00. The zero-order chi connectivity index (χ0) is 12.8. The highest BCUT2D eigenvalue weighted by molar-refractivity contribution is 5.86. The molecule has 1 rings (SSSR count). The van der Waals surface area contributed by atoms with Crippen molar-refractivity contribution >= 4 is 5.97 Å². The number of imidazole rings is 1. The summed E-state index contributed by atoms with van der Waals surface area (Å²) in [7, 11) is 0. The fourth-order valence-corrected chi connectivity index (χ4v) is 1.42. The van der Waals surface area contributed by atoms with E-state index in [0.717, 1.165) is 13.0 Å². The third kappa shape index (κ3) is 5.04. The molecule has 0 amide bonds. The van der Waals surface area contributed by atoms with E-state index in [4.69, 9.17) is 4.74 Å². The summed E-state index contributed by atoms with van der Waals surface area (Å²) in [5.41, 5.74) is 0.419. The summed E-state index contributed by atoms with van der Waals surface area (Å²) < 4.78 is 9.19. The number of ether oxygens (including phenoxy) is 1. The number of carbonyl (C=O) groups is 1. The third-order valence-electron chi connectivity index (χ3n) is 2.53. The molecular formula is C13H21BrN2O2. The highest BCUT2D eigenvalue weighted by Crippen LogP contribution is 2.08. The molecule has 0 fully saturated rings. The number of aromatic nitrogens is 2. The molecule has 0 aliphatic rings. The van der Waals surface area contributed by atoms with Crippen molar-refractivity contribution in [2.45, 2.75) is 46.4 Å². The van der Waals surface area contributed by atoms with Crippen molar-refractivity contribution in [1.29, 1.82) is 0 Å². The lowest BCUT2D eigenvalue weighted by atomic mass is 10.3. The van der Waals surface area contributed by atoms with Crippen molar-refractivity contribution in [3.05, 3.63) is 30.9 Å². The van der Waals surface area contributed by atoms with Crippen LogP contribution in [0.3, 0.4) is 0 Å². The molecule has 1 aromatic heterocycles. The second-order valence-corrected chi connectivity index (χ2v) is 4.24. The van der Waals surface area contributed by atoms with Gasteiger partial charge in [-0.2, -0.15) is 4.57 Å². The minimum absolute atomic E-state index is 0. The second kappa shape index (κ2) is 8.08. The molecule has 1 aromatic rings. The first-order valence-electron chi connectivity index (χ1n) is 5.97. The molecule has 0 spiro atoms. The number of aryl methyl sites for hydroxylation is 1. The summed E-state index contributed by atoms with van der Waals surface area (Å²) in [6.07, 6.45) is 7.85. The molecular weight excluding hydrogens is 296 g/mol. The highest BCUT2D eigenvalue weighted by Gasteiger charge is 2.16. The van der Waals surface area contributed by atoms with Gasteiger partial charge in [-0.15, -0.1) is 0 Å². The lowest BCUT2D eigenvalue weighted by Gasteiger charge is -2.09. The zero-order valence-electron chi connectivity index (χ0n) is 11.2. The van der Waals surface area contributed by atoms with Crippen LogP contribution in [-0.4, -0.2) is 10.5 Å². The van der Waals surface area contributed by atoms with Crippen LogP contribution in [0.25, 0.3) is 0 Å². The van der Waals surface area contributed by atoms with Gasteiger partial charge in [0, 0.05) is 12.5 Å². The van der Waals surface area contributed by atoms with Gasteiger partial charge in [-0.1, -0.05) is 19.9 Å². The summed E-state index contributed by atoms with van der Waals surface area (Å²) in [4.78, 5) is 11.4. The topological polar surface area (TPSA) is 35.1 Å². The quantitative estimate of drug-likeness (QED) is 0.392. The number of hydrogen-bond donors (Lipinski definition) is 0. The molecule has 1 heterocycles. The van der Waals surface area contributed by atoms with Gasteiger partial charge in [-0.3, -0.25) is 0 Å². The molecule has 0 N–H and O–H groups in total. The molecule has 0 radical (unpaired) electrons. The van der Waals surface area contributed by atoms with Gasteiger partial charge in [0.1, 0.15) is 12.4 Å². The summed E-state index contributed by atoms with van der Waals surface area (Å²) in [5, 5.41) is 0. The van der Waals surface area contributed by atoms with E-state index in [0.29, 0.717) is 5.57 Å². The zero-order valence-corrected chi connectivity index (χ0v) is 12.8. The number of halogens is 1. The summed E-state index contributed by atoms with van der Waals surface area (Å²) in [5.74, 6) is -0.355. The van der Waals surface area contributed by atoms with Crippen LogP contribution in [-0.2, 0) is 16.1 Å². The average molecular weight is 317 g/mol. The molecule has 5 heteroatoms. The predicted molar refractivity (Wildman–Crippen MR) is 65.2 cm³/mol. The first-order chi connectivity index (χ1) is 8.04. The Morgan fingerprint density at radius 3 is 2.78 bits per heavy atom. The Morgan fingerprint density at radius 2 is 2.22 bits per heavy atom. The Balaban J connectivity index is 0.00000289. The summed E-state index contributed by atoms with van der Waals surface area (Å²) >= 11 is 0. The van der Waals surface area contributed by atoms with Crippen LogP contribution in [0, 0.1) is 0 Å². The molecule has 0 bridgehead atoms. The van der Waals surface area contributed by atoms with Crippen LogP contribution < -0.4 is 21.5 Å². The molecule has 1 atom stereocenters. The first kappa shape index (κ1) is 16.9. The molecule has 0 aromatic carbocycles. The van der Waals surface area contributed by atoms with E-state index >= 15 is 0 Å². The molecule has 102 valence electrons. The van der Waals surface area contributed by atoms with Gasteiger partial charge in [0.2, 0.25) is 12.6 Å². The largest absolute Gasteiger partial charge is 1.00 e. The van der Waals surface area contributed by atoms with Crippen LogP contribution in [0.1, 0.15) is 39.8 Å². The van der Waals surface area contributed by atoms with Crippen LogP contribution in [0.4, 0.5) is 0 Å². The van der Waals surface area contributed by atoms with E-state index in [2.05, 4.69) is 18.1 Å². The minimum Gasteiger partial charge on any atom is -1.00 e. The molecule has 0 aliphatic heterocycles. The van der Waals surface area contributed by atoms with E-state index in [9.17, 15) is 4.79 Å². The van der Waals surface area contributed by atoms with Crippen molar-refractivity contribution in [2.75, 3.05) is 0 Å². The van der Waals surface area contributed by atoms with Gasteiger partial charge in [0.25, 0.3) is 0 Å². The van der Waals surface area contributed by atoms with Crippen molar-refractivity contribution < 1.29 is 31.1 Å². The van der Waals surface area contributed by atoms with Gasteiger partial charge >= 0.3 is 5.97 Å². The van der Waals surface area contributed by atoms with E-state index in [1.807, 2.05) is 30.2 Å². The summed E-state index contributed by atoms with van der Waals surface area (Å²) in [6.45, 7) is 10.2. The van der Waals surface area contributed by atoms with Crippen molar-refractivity contribution in [2.24, 2.45) is 0 Å². The monoisotopic (exact) mass is 316 g/mol. The number of esters is 1. The molecule has 18 heavy (non-hydrogen) atoms. The Bertz CT molecular complexity index is 401.